The van der Waals surface area contributed by atoms with Crippen LogP contribution in [0.15, 0.2) is 36.4 Å². The van der Waals surface area contributed by atoms with E-state index in [0.717, 1.165) is 17.7 Å². The van der Waals surface area contributed by atoms with E-state index in [-0.39, 0.29) is 13.2 Å². The normalized spacial score (nSPS) is 17.4. The Morgan fingerprint density at radius 3 is 2.44 bits per heavy atom. The Hall–Kier alpha value is -1.89. The third kappa shape index (κ3) is 4.21. The van der Waals surface area contributed by atoms with Gasteiger partial charge in [0.2, 0.25) is 0 Å². The number of nitrogens with zero attached hydrogens (tertiary/aromatic N) is 1. The molecule has 1 aliphatic heterocycles. The molecule has 0 radical (unpaired) electrons. The number of carbonyl (C=O) groups is 1. The fourth-order valence-electron chi connectivity index (χ4n) is 2.60. The molecule has 1 aliphatic rings. The average molecular weight is 387 g/mol. The number of benzene rings is 2. The van der Waals surface area contributed by atoms with E-state index in [9.17, 15) is 13.6 Å². The summed E-state index contributed by atoms with van der Waals surface area (Å²) in [5.74, 6) is -1.67. The van der Waals surface area contributed by atoms with Crippen molar-refractivity contribution in [2.45, 2.75) is 6.10 Å². The summed E-state index contributed by atoms with van der Waals surface area (Å²) in [5.41, 5.74) is 0.258. The Bertz CT molecular complexity index is 764. The zero-order valence-corrected chi connectivity index (χ0v) is 14.5. The molecular weight excluding hydrogens is 373 g/mol. The second-order valence-electron chi connectivity index (χ2n) is 5.54. The number of anilines is 1. The van der Waals surface area contributed by atoms with Gasteiger partial charge in [-0.3, -0.25) is 0 Å². The van der Waals surface area contributed by atoms with Crippen LogP contribution in [0.4, 0.5) is 19.3 Å². The van der Waals surface area contributed by atoms with Gasteiger partial charge >= 0.3 is 6.03 Å². The van der Waals surface area contributed by atoms with Crippen molar-refractivity contribution < 1.29 is 18.3 Å². The Morgan fingerprint density at radius 1 is 1.16 bits per heavy atom. The highest BCUT2D eigenvalue weighted by Gasteiger charge is 2.27. The highest BCUT2D eigenvalue weighted by atomic mass is 35.5. The molecule has 1 atom stereocenters. The van der Waals surface area contributed by atoms with Gasteiger partial charge in [-0.05, 0) is 35.9 Å². The standard InChI is InChI=1S/C17H14Cl2F2N2O2/c18-11-6-10(7-12(19)8-11)15-9-23(4-5-25-15)17(24)22-16-13(20)2-1-3-14(16)21/h1-3,6-8,15H,4-5,9H2,(H,22,24)/t15-/m0/s1. The number of carbonyl (C=O) groups excluding carboxylic acids is 1. The topological polar surface area (TPSA) is 41.6 Å². The Kier molecular flexibility index (Phi) is 5.42. The lowest BCUT2D eigenvalue weighted by Crippen LogP contribution is -2.44. The lowest BCUT2D eigenvalue weighted by Gasteiger charge is -2.33. The van der Waals surface area contributed by atoms with Crippen LogP contribution in [0.1, 0.15) is 11.7 Å². The van der Waals surface area contributed by atoms with Gasteiger partial charge in [-0.25, -0.2) is 13.6 Å². The summed E-state index contributed by atoms with van der Waals surface area (Å²) in [6.45, 7) is 0.785. The number of hydrogen-bond donors (Lipinski definition) is 1. The number of morpholine rings is 1. The number of hydrogen-bond acceptors (Lipinski definition) is 2. The van der Waals surface area contributed by atoms with Crippen LogP contribution < -0.4 is 5.32 Å². The predicted molar refractivity (Wildman–Crippen MR) is 92.1 cm³/mol. The van der Waals surface area contributed by atoms with Crippen LogP contribution in [-0.4, -0.2) is 30.6 Å². The predicted octanol–water partition coefficient (Wildman–Crippen LogP) is 4.88. The monoisotopic (exact) mass is 386 g/mol. The third-order valence-corrected chi connectivity index (χ3v) is 4.24. The Labute approximate surface area is 153 Å². The van der Waals surface area contributed by atoms with E-state index in [2.05, 4.69) is 5.32 Å². The van der Waals surface area contributed by atoms with Gasteiger partial charge in [0.25, 0.3) is 0 Å². The third-order valence-electron chi connectivity index (χ3n) is 3.81. The molecule has 1 N–H and O–H groups in total. The summed E-state index contributed by atoms with van der Waals surface area (Å²) in [4.78, 5) is 13.8. The zero-order chi connectivity index (χ0) is 18.0. The fourth-order valence-corrected chi connectivity index (χ4v) is 3.14. The fraction of sp³-hybridized carbons (Fsp3) is 0.235. The molecule has 0 aromatic heterocycles. The van der Waals surface area contributed by atoms with Crippen LogP contribution in [0, 0.1) is 11.6 Å². The van der Waals surface area contributed by atoms with E-state index in [1.165, 1.54) is 11.0 Å². The van der Waals surface area contributed by atoms with Gasteiger partial charge < -0.3 is 15.0 Å². The van der Waals surface area contributed by atoms with Crippen LogP contribution in [0.25, 0.3) is 0 Å². The van der Waals surface area contributed by atoms with Crippen LogP contribution in [0.5, 0.6) is 0 Å². The lowest BCUT2D eigenvalue weighted by atomic mass is 10.1. The van der Waals surface area contributed by atoms with Crippen LogP contribution in [-0.2, 0) is 4.74 Å². The van der Waals surface area contributed by atoms with Gasteiger partial charge in [-0.1, -0.05) is 29.3 Å². The second-order valence-corrected chi connectivity index (χ2v) is 6.41. The molecule has 0 bridgehead atoms. The van der Waals surface area contributed by atoms with E-state index in [0.29, 0.717) is 16.6 Å². The summed E-state index contributed by atoms with van der Waals surface area (Å²) in [7, 11) is 0. The molecule has 25 heavy (non-hydrogen) atoms. The van der Waals surface area contributed by atoms with E-state index >= 15 is 0 Å². The Morgan fingerprint density at radius 2 is 1.80 bits per heavy atom. The van der Waals surface area contributed by atoms with Crippen molar-refractivity contribution >= 4 is 34.9 Å². The number of ether oxygens (including phenoxy) is 1. The zero-order valence-electron chi connectivity index (χ0n) is 12.9. The summed E-state index contributed by atoms with van der Waals surface area (Å²) in [5, 5.41) is 3.19. The minimum absolute atomic E-state index is 0.207. The van der Waals surface area contributed by atoms with Gasteiger partial charge in [-0.15, -0.1) is 0 Å². The van der Waals surface area contributed by atoms with E-state index < -0.39 is 29.5 Å². The number of nitrogens with one attached hydrogen (secondary N) is 1. The molecule has 2 aromatic carbocycles. The molecular formula is C17H14Cl2F2N2O2. The van der Waals surface area contributed by atoms with Gasteiger partial charge in [0.05, 0.1) is 13.2 Å². The molecule has 8 heteroatoms. The van der Waals surface area contributed by atoms with Crippen molar-refractivity contribution in [1.29, 1.82) is 0 Å². The maximum absolute atomic E-state index is 13.7. The highest BCUT2D eigenvalue weighted by Crippen LogP contribution is 2.28. The maximum Gasteiger partial charge on any atom is 0.322 e. The summed E-state index contributed by atoms with van der Waals surface area (Å²) >= 11 is 12.0. The number of rotatable bonds is 2. The molecule has 3 rings (SSSR count). The minimum atomic E-state index is -0.834. The molecule has 4 nitrogen and oxygen atoms in total. The van der Waals surface area contributed by atoms with Gasteiger partial charge in [-0.2, -0.15) is 0 Å². The maximum atomic E-state index is 13.7. The number of urea groups is 1. The molecule has 1 saturated heterocycles. The van der Waals surface area contributed by atoms with E-state index in [4.69, 9.17) is 27.9 Å². The van der Waals surface area contributed by atoms with Crippen molar-refractivity contribution in [1.82, 2.24) is 4.90 Å². The molecule has 132 valence electrons. The number of amides is 2. The smallest absolute Gasteiger partial charge is 0.322 e. The van der Waals surface area contributed by atoms with Gasteiger partial charge in [0, 0.05) is 16.6 Å². The number of halogens is 4. The van der Waals surface area contributed by atoms with Crippen LogP contribution in [0.3, 0.4) is 0 Å². The first kappa shape index (κ1) is 17.9. The molecule has 1 fully saturated rings. The molecule has 0 saturated carbocycles. The SMILES string of the molecule is O=C(Nc1c(F)cccc1F)N1CCO[C@H](c2cc(Cl)cc(Cl)c2)C1. The second kappa shape index (κ2) is 7.56. The molecule has 2 aromatic rings. The molecule has 0 spiro atoms. The van der Waals surface area contributed by atoms with E-state index in [1.807, 2.05) is 0 Å². The Balaban J connectivity index is 1.73. The molecule has 1 heterocycles. The van der Waals surface area contributed by atoms with Crippen LogP contribution >= 0.6 is 23.2 Å². The first-order valence-corrected chi connectivity index (χ1v) is 8.27. The highest BCUT2D eigenvalue weighted by molar-refractivity contribution is 6.34. The van der Waals surface area contributed by atoms with Crippen molar-refractivity contribution in [3.63, 3.8) is 0 Å². The van der Waals surface area contributed by atoms with Crippen molar-refractivity contribution in [3.8, 4) is 0 Å². The molecule has 0 unspecified atom stereocenters. The summed E-state index contributed by atoms with van der Waals surface area (Å²) in [6, 6.07) is 7.79. The van der Waals surface area contributed by atoms with Crippen molar-refractivity contribution in [2.24, 2.45) is 0 Å². The quantitative estimate of drug-likeness (QED) is 0.799. The van der Waals surface area contributed by atoms with Crippen molar-refractivity contribution in [2.75, 3.05) is 25.0 Å². The average Bonchev–Trinajstić information content (AvgIpc) is 2.57. The summed E-state index contributed by atoms with van der Waals surface area (Å²) < 4.78 is 33.0. The largest absolute Gasteiger partial charge is 0.370 e. The summed E-state index contributed by atoms with van der Waals surface area (Å²) in [6.07, 6.45) is -0.429. The van der Waals surface area contributed by atoms with E-state index in [1.54, 1.807) is 18.2 Å². The first-order valence-electron chi connectivity index (χ1n) is 7.51. The molecule has 0 aliphatic carbocycles. The minimum Gasteiger partial charge on any atom is -0.370 e. The van der Waals surface area contributed by atoms with Gasteiger partial charge in [0.15, 0.2) is 0 Å². The molecule has 2 amide bonds. The first-order chi connectivity index (χ1) is 11.9. The van der Waals surface area contributed by atoms with Gasteiger partial charge in [0.1, 0.15) is 23.4 Å². The van der Waals surface area contributed by atoms with Crippen molar-refractivity contribution in [3.05, 3.63) is 63.6 Å². The van der Waals surface area contributed by atoms with Crippen LogP contribution in [0.2, 0.25) is 10.0 Å². The number of para-hydroxylation sites is 1. The lowest BCUT2D eigenvalue weighted by molar-refractivity contribution is -0.0135.